The third kappa shape index (κ3) is 4.43. The zero-order chi connectivity index (χ0) is 21.7. The molecule has 0 saturated carbocycles. The average Bonchev–Trinajstić information content (AvgIpc) is 2.71. The van der Waals surface area contributed by atoms with Crippen LogP contribution in [0.15, 0.2) is 57.9 Å². The Morgan fingerprint density at radius 2 is 1.73 bits per heavy atom. The van der Waals surface area contributed by atoms with Crippen molar-refractivity contribution in [2.75, 3.05) is 18.5 Å². The molecule has 0 saturated heterocycles. The van der Waals surface area contributed by atoms with Gasteiger partial charge in [0, 0.05) is 5.39 Å². The van der Waals surface area contributed by atoms with E-state index in [1.54, 1.807) is 50.2 Å². The van der Waals surface area contributed by atoms with E-state index in [0.29, 0.717) is 16.4 Å². The van der Waals surface area contributed by atoms with Crippen molar-refractivity contribution in [1.29, 1.82) is 0 Å². The van der Waals surface area contributed by atoms with Crippen LogP contribution in [0.3, 0.4) is 0 Å². The standard InChI is InChI=1S/C22H21NO7/c1-3-28-20(25)15(21(26)29-4-2)9-10-23-18-12-17-16-11-14(24)7-5-13(16)6-8-19(17)30-22(18)27/h5-12,15,23-24H,3-4H2,1-2H3/b10-9+. The molecule has 0 fully saturated rings. The zero-order valence-corrected chi connectivity index (χ0v) is 16.5. The number of nitrogens with one attached hydrogen (secondary N) is 1. The maximum atomic E-state index is 12.3. The molecule has 3 aromatic rings. The maximum Gasteiger partial charge on any atom is 0.360 e. The zero-order valence-electron chi connectivity index (χ0n) is 16.5. The topological polar surface area (TPSA) is 115 Å². The molecule has 0 aliphatic heterocycles. The van der Waals surface area contributed by atoms with E-state index >= 15 is 0 Å². The molecular weight excluding hydrogens is 390 g/mol. The molecule has 0 aliphatic rings. The number of anilines is 1. The van der Waals surface area contributed by atoms with Gasteiger partial charge in [-0.1, -0.05) is 12.1 Å². The number of carbonyl (C=O) groups is 2. The van der Waals surface area contributed by atoms with Gasteiger partial charge in [-0.15, -0.1) is 0 Å². The van der Waals surface area contributed by atoms with Crippen LogP contribution in [0.5, 0.6) is 5.75 Å². The Hall–Kier alpha value is -3.81. The Bertz CT molecular complexity index is 1160. The van der Waals surface area contributed by atoms with Gasteiger partial charge in [0.1, 0.15) is 17.0 Å². The third-order valence-corrected chi connectivity index (χ3v) is 4.33. The third-order valence-electron chi connectivity index (χ3n) is 4.33. The van der Waals surface area contributed by atoms with Crippen LogP contribution in [0.1, 0.15) is 13.8 Å². The fraction of sp³-hybridized carbons (Fsp3) is 0.227. The van der Waals surface area contributed by atoms with Crippen molar-refractivity contribution < 1.29 is 28.6 Å². The summed E-state index contributed by atoms with van der Waals surface area (Å²) in [6, 6.07) is 9.95. The fourth-order valence-electron chi connectivity index (χ4n) is 2.96. The summed E-state index contributed by atoms with van der Waals surface area (Å²) < 4.78 is 15.1. The number of aromatic hydroxyl groups is 1. The van der Waals surface area contributed by atoms with Gasteiger partial charge in [-0.3, -0.25) is 9.59 Å². The quantitative estimate of drug-likeness (QED) is 0.263. The van der Waals surface area contributed by atoms with Crippen LogP contribution in [0.2, 0.25) is 0 Å². The first-order valence-electron chi connectivity index (χ1n) is 9.40. The molecule has 0 spiro atoms. The normalized spacial score (nSPS) is 11.3. The van der Waals surface area contributed by atoms with E-state index in [-0.39, 0.29) is 24.7 Å². The first kappa shape index (κ1) is 20.9. The molecule has 0 radical (unpaired) electrons. The number of phenolic OH excluding ortho intramolecular Hbond substituents is 1. The molecule has 0 aliphatic carbocycles. The van der Waals surface area contributed by atoms with Crippen molar-refractivity contribution >= 4 is 39.4 Å². The van der Waals surface area contributed by atoms with E-state index in [4.69, 9.17) is 13.9 Å². The molecule has 0 bridgehead atoms. The predicted molar refractivity (Wildman–Crippen MR) is 111 cm³/mol. The predicted octanol–water partition coefficient (Wildman–Crippen LogP) is 3.32. The van der Waals surface area contributed by atoms with Gasteiger partial charge in [-0.05, 0) is 61.2 Å². The van der Waals surface area contributed by atoms with E-state index in [2.05, 4.69) is 5.32 Å². The number of carbonyl (C=O) groups excluding carboxylic acids is 2. The summed E-state index contributed by atoms with van der Waals surface area (Å²) in [5, 5.41) is 14.7. The van der Waals surface area contributed by atoms with E-state index < -0.39 is 23.5 Å². The molecule has 30 heavy (non-hydrogen) atoms. The minimum atomic E-state index is -1.26. The van der Waals surface area contributed by atoms with Crippen LogP contribution in [0, 0.1) is 5.92 Å². The molecule has 0 unspecified atom stereocenters. The lowest BCUT2D eigenvalue weighted by molar-refractivity contribution is -0.158. The first-order valence-corrected chi connectivity index (χ1v) is 9.40. The molecule has 156 valence electrons. The SMILES string of the molecule is CCOC(=O)C(/C=C/Nc1cc2c(ccc3ccc(O)cc32)oc1=O)C(=O)OCC. The molecule has 2 aromatic carbocycles. The highest BCUT2D eigenvalue weighted by molar-refractivity contribution is 6.06. The van der Waals surface area contributed by atoms with Gasteiger partial charge in [0.05, 0.1) is 13.2 Å². The minimum Gasteiger partial charge on any atom is -0.508 e. The Morgan fingerprint density at radius 1 is 1.07 bits per heavy atom. The van der Waals surface area contributed by atoms with Crippen molar-refractivity contribution in [3.63, 3.8) is 0 Å². The summed E-state index contributed by atoms with van der Waals surface area (Å²) in [6.07, 6.45) is 2.55. The number of hydrogen-bond acceptors (Lipinski definition) is 8. The van der Waals surface area contributed by atoms with Gasteiger partial charge in [0.15, 0.2) is 5.92 Å². The second-order valence-electron chi connectivity index (χ2n) is 6.32. The number of fused-ring (bicyclic) bond motifs is 3. The molecule has 1 aromatic heterocycles. The molecule has 8 heteroatoms. The lowest BCUT2D eigenvalue weighted by atomic mass is 10.1. The second-order valence-corrected chi connectivity index (χ2v) is 6.32. The average molecular weight is 411 g/mol. The maximum absolute atomic E-state index is 12.3. The van der Waals surface area contributed by atoms with Crippen LogP contribution in [0.4, 0.5) is 5.69 Å². The fourth-order valence-corrected chi connectivity index (χ4v) is 2.96. The molecule has 3 rings (SSSR count). The lowest BCUT2D eigenvalue weighted by Gasteiger charge is -2.11. The number of ether oxygens (including phenoxy) is 2. The number of phenols is 1. The van der Waals surface area contributed by atoms with Crippen molar-refractivity contribution in [3.8, 4) is 5.75 Å². The Kier molecular flexibility index (Phi) is 6.36. The first-order chi connectivity index (χ1) is 14.4. The Morgan fingerprint density at radius 3 is 2.40 bits per heavy atom. The van der Waals surface area contributed by atoms with E-state index in [1.807, 2.05) is 0 Å². The number of benzene rings is 2. The van der Waals surface area contributed by atoms with Crippen LogP contribution >= 0.6 is 0 Å². The van der Waals surface area contributed by atoms with Crippen molar-refractivity contribution in [3.05, 3.63) is 59.1 Å². The molecule has 1 heterocycles. The summed E-state index contributed by atoms with van der Waals surface area (Å²) in [5.41, 5.74) is -0.167. The smallest absolute Gasteiger partial charge is 0.360 e. The minimum absolute atomic E-state index is 0.0855. The van der Waals surface area contributed by atoms with E-state index in [1.165, 1.54) is 12.3 Å². The van der Waals surface area contributed by atoms with Crippen molar-refractivity contribution in [1.82, 2.24) is 0 Å². The van der Waals surface area contributed by atoms with Gasteiger partial charge < -0.3 is 24.3 Å². The van der Waals surface area contributed by atoms with Gasteiger partial charge in [0.25, 0.3) is 0 Å². The highest BCUT2D eigenvalue weighted by atomic mass is 16.6. The molecule has 0 amide bonds. The highest BCUT2D eigenvalue weighted by Gasteiger charge is 2.26. The molecule has 2 N–H and O–H groups in total. The van der Waals surface area contributed by atoms with Crippen LogP contribution in [0.25, 0.3) is 21.7 Å². The Labute approximate surface area is 171 Å². The largest absolute Gasteiger partial charge is 0.508 e. The van der Waals surface area contributed by atoms with Crippen LogP contribution in [-0.4, -0.2) is 30.3 Å². The number of rotatable bonds is 7. The number of hydrogen-bond donors (Lipinski definition) is 2. The summed E-state index contributed by atoms with van der Waals surface area (Å²) in [7, 11) is 0. The van der Waals surface area contributed by atoms with Gasteiger partial charge in [-0.2, -0.15) is 0 Å². The Balaban J connectivity index is 1.94. The summed E-state index contributed by atoms with van der Waals surface area (Å²) in [5.74, 6) is -2.67. The highest BCUT2D eigenvalue weighted by Crippen LogP contribution is 2.28. The van der Waals surface area contributed by atoms with Crippen LogP contribution in [-0.2, 0) is 19.1 Å². The van der Waals surface area contributed by atoms with E-state index in [0.717, 1.165) is 5.39 Å². The molecular formula is C22H21NO7. The van der Waals surface area contributed by atoms with Crippen molar-refractivity contribution in [2.24, 2.45) is 5.92 Å². The summed E-state index contributed by atoms with van der Waals surface area (Å²) in [4.78, 5) is 36.3. The molecule has 0 atom stereocenters. The second kappa shape index (κ2) is 9.13. The molecule has 8 nitrogen and oxygen atoms in total. The van der Waals surface area contributed by atoms with Gasteiger partial charge >= 0.3 is 17.6 Å². The number of esters is 2. The lowest BCUT2D eigenvalue weighted by Crippen LogP contribution is -2.26. The van der Waals surface area contributed by atoms with Gasteiger partial charge in [-0.25, -0.2) is 4.79 Å². The summed E-state index contributed by atoms with van der Waals surface area (Å²) >= 11 is 0. The summed E-state index contributed by atoms with van der Waals surface area (Å²) in [6.45, 7) is 3.49. The van der Waals surface area contributed by atoms with Crippen LogP contribution < -0.4 is 10.9 Å². The van der Waals surface area contributed by atoms with Gasteiger partial charge in [0.2, 0.25) is 0 Å². The van der Waals surface area contributed by atoms with E-state index in [9.17, 15) is 19.5 Å². The monoisotopic (exact) mass is 411 g/mol. The van der Waals surface area contributed by atoms with Crippen molar-refractivity contribution in [2.45, 2.75) is 13.8 Å².